The highest BCUT2D eigenvalue weighted by Gasteiger charge is 2.30. The third-order valence-electron chi connectivity index (χ3n) is 3.94. The summed E-state index contributed by atoms with van der Waals surface area (Å²) in [5, 5.41) is 6.08. The molecule has 0 aromatic rings. The van der Waals surface area contributed by atoms with Crippen LogP contribution in [0.3, 0.4) is 0 Å². The van der Waals surface area contributed by atoms with Gasteiger partial charge >= 0.3 is 0 Å². The lowest BCUT2D eigenvalue weighted by atomic mass is 10.0. The number of nitrogens with zero attached hydrogens (tertiary/aromatic N) is 1. The Hall–Kier alpha value is -0.660. The van der Waals surface area contributed by atoms with Crippen LogP contribution in [-0.2, 0) is 14.6 Å². The van der Waals surface area contributed by atoms with Gasteiger partial charge in [-0.3, -0.25) is 9.69 Å². The first-order chi connectivity index (χ1) is 8.98. The summed E-state index contributed by atoms with van der Waals surface area (Å²) in [6.07, 6.45) is 2.70. The van der Waals surface area contributed by atoms with Gasteiger partial charge in [-0.1, -0.05) is 0 Å². The zero-order chi connectivity index (χ0) is 13.9. The summed E-state index contributed by atoms with van der Waals surface area (Å²) in [5.74, 6) is 0.652. The van der Waals surface area contributed by atoms with Crippen LogP contribution in [0.5, 0.6) is 0 Å². The molecule has 2 fully saturated rings. The van der Waals surface area contributed by atoms with Gasteiger partial charge in [-0.15, -0.1) is 0 Å². The molecule has 0 aliphatic carbocycles. The quantitative estimate of drug-likeness (QED) is 0.692. The SMILES string of the molecule is CNC(=O)CN1CCC(NC2CCS(=O)(=O)C2)CC1. The monoisotopic (exact) mass is 289 g/mol. The molecule has 1 amide bonds. The molecule has 7 heteroatoms. The van der Waals surface area contributed by atoms with Crippen LogP contribution in [0, 0.1) is 0 Å². The van der Waals surface area contributed by atoms with Gasteiger partial charge in [0.25, 0.3) is 0 Å². The first-order valence-electron chi connectivity index (χ1n) is 6.88. The van der Waals surface area contributed by atoms with Crippen molar-refractivity contribution in [2.45, 2.75) is 31.3 Å². The number of likely N-dealkylation sites (N-methyl/N-ethyl adjacent to an activating group) is 1. The Bertz CT molecular complexity index is 416. The third-order valence-corrected chi connectivity index (χ3v) is 5.71. The Morgan fingerprint density at radius 1 is 1.21 bits per heavy atom. The van der Waals surface area contributed by atoms with Crippen LogP contribution in [-0.4, -0.2) is 69.5 Å². The maximum Gasteiger partial charge on any atom is 0.233 e. The fourth-order valence-electron chi connectivity index (χ4n) is 2.80. The van der Waals surface area contributed by atoms with E-state index in [0.717, 1.165) is 32.4 Å². The van der Waals surface area contributed by atoms with Crippen LogP contribution in [0.25, 0.3) is 0 Å². The zero-order valence-corrected chi connectivity index (χ0v) is 12.2. The minimum atomic E-state index is -2.80. The van der Waals surface area contributed by atoms with E-state index in [4.69, 9.17) is 0 Å². The first kappa shape index (κ1) is 14.7. The summed E-state index contributed by atoms with van der Waals surface area (Å²) in [4.78, 5) is 13.4. The van der Waals surface area contributed by atoms with Crippen molar-refractivity contribution in [2.24, 2.45) is 0 Å². The average molecular weight is 289 g/mol. The van der Waals surface area contributed by atoms with Crippen LogP contribution in [0.15, 0.2) is 0 Å². The largest absolute Gasteiger partial charge is 0.358 e. The first-order valence-corrected chi connectivity index (χ1v) is 8.70. The van der Waals surface area contributed by atoms with Gasteiger partial charge in [0.05, 0.1) is 18.1 Å². The summed E-state index contributed by atoms with van der Waals surface area (Å²) in [6.45, 7) is 2.25. The molecule has 110 valence electrons. The molecule has 2 aliphatic rings. The fourth-order valence-corrected chi connectivity index (χ4v) is 4.49. The Labute approximate surface area is 114 Å². The number of nitrogens with one attached hydrogen (secondary N) is 2. The van der Waals surface area contributed by atoms with Gasteiger partial charge in [0.2, 0.25) is 5.91 Å². The summed E-state index contributed by atoms with van der Waals surface area (Å²) < 4.78 is 22.8. The molecule has 2 rings (SSSR count). The van der Waals surface area contributed by atoms with E-state index in [2.05, 4.69) is 15.5 Å². The number of hydrogen-bond donors (Lipinski definition) is 2. The third kappa shape index (κ3) is 4.43. The number of amides is 1. The molecule has 2 N–H and O–H groups in total. The van der Waals surface area contributed by atoms with Gasteiger partial charge in [0.15, 0.2) is 9.84 Å². The number of likely N-dealkylation sites (tertiary alicyclic amines) is 1. The second-order valence-electron chi connectivity index (χ2n) is 5.49. The molecule has 0 spiro atoms. The maximum atomic E-state index is 11.4. The van der Waals surface area contributed by atoms with E-state index in [9.17, 15) is 13.2 Å². The van der Waals surface area contributed by atoms with Gasteiger partial charge in [-0.2, -0.15) is 0 Å². The van der Waals surface area contributed by atoms with E-state index in [1.54, 1.807) is 7.05 Å². The van der Waals surface area contributed by atoms with Crippen molar-refractivity contribution >= 4 is 15.7 Å². The van der Waals surface area contributed by atoms with Crippen LogP contribution < -0.4 is 10.6 Å². The second-order valence-corrected chi connectivity index (χ2v) is 7.72. The maximum absolute atomic E-state index is 11.4. The number of carbonyl (C=O) groups is 1. The van der Waals surface area contributed by atoms with E-state index in [-0.39, 0.29) is 17.7 Å². The fraction of sp³-hybridized carbons (Fsp3) is 0.917. The zero-order valence-electron chi connectivity index (χ0n) is 11.4. The van der Waals surface area contributed by atoms with Crippen molar-refractivity contribution in [3.63, 3.8) is 0 Å². The van der Waals surface area contributed by atoms with Gasteiger partial charge in [0.1, 0.15) is 0 Å². The molecular weight excluding hydrogens is 266 g/mol. The Morgan fingerprint density at radius 3 is 2.42 bits per heavy atom. The average Bonchev–Trinajstić information content (AvgIpc) is 2.71. The smallest absolute Gasteiger partial charge is 0.233 e. The molecular formula is C12H23N3O3S. The highest BCUT2D eigenvalue weighted by molar-refractivity contribution is 7.91. The van der Waals surface area contributed by atoms with Crippen LogP contribution >= 0.6 is 0 Å². The van der Waals surface area contributed by atoms with E-state index in [1.165, 1.54) is 0 Å². The van der Waals surface area contributed by atoms with Gasteiger partial charge in [-0.05, 0) is 19.3 Å². The molecule has 0 saturated carbocycles. The van der Waals surface area contributed by atoms with E-state index < -0.39 is 9.84 Å². The Kier molecular flexibility index (Phi) is 4.81. The molecule has 0 radical (unpaired) electrons. The standard InChI is InChI=1S/C12H23N3O3S/c1-13-12(16)8-15-5-2-10(3-6-15)14-11-4-7-19(17,18)9-11/h10-11,14H,2-9H2,1H3,(H,13,16). The van der Waals surface area contributed by atoms with E-state index in [1.807, 2.05) is 0 Å². The lowest BCUT2D eigenvalue weighted by molar-refractivity contribution is -0.122. The van der Waals surface area contributed by atoms with Crippen molar-refractivity contribution < 1.29 is 13.2 Å². The van der Waals surface area contributed by atoms with Crippen molar-refractivity contribution in [2.75, 3.05) is 38.2 Å². The molecule has 1 atom stereocenters. The molecule has 6 nitrogen and oxygen atoms in total. The minimum absolute atomic E-state index is 0.0493. The highest BCUT2D eigenvalue weighted by atomic mass is 32.2. The number of hydrogen-bond acceptors (Lipinski definition) is 5. The van der Waals surface area contributed by atoms with Crippen molar-refractivity contribution in [3.8, 4) is 0 Å². The van der Waals surface area contributed by atoms with Crippen molar-refractivity contribution in [1.29, 1.82) is 0 Å². The number of piperidine rings is 1. The predicted octanol–water partition coefficient (Wildman–Crippen LogP) is -1.03. The number of sulfone groups is 1. The molecule has 0 bridgehead atoms. The normalized spacial score (nSPS) is 28.4. The molecule has 2 aliphatic heterocycles. The molecule has 2 saturated heterocycles. The van der Waals surface area contributed by atoms with Gasteiger partial charge in [0, 0.05) is 32.2 Å². The van der Waals surface area contributed by atoms with Crippen LogP contribution in [0.1, 0.15) is 19.3 Å². The summed E-state index contributed by atoms with van der Waals surface area (Å²) in [7, 11) is -1.15. The van der Waals surface area contributed by atoms with Crippen LogP contribution in [0.2, 0.25) is 0 Å². The summed E-state index contributed by atoms with van der Waals surface area (Å²) >= 11 is 0. The molecule has 0 aromatic carbocycles. The Morgan fingerprint density at radius 2 is 1.89 bits per heavy atom. The Balaban J connectivity index is 1.71. The predicted molar refractivity (Wildman–Crippen MR) is 73.7 cm³/mol. The van der Waals surface area contributed by atoms with E-state index in [0.29, 0.717) is 18.3 Å². The van der Waals surface area contributed by atoms with E-state index >= 15 is 0 Å². The van der Waals surface area contributed by atoms with Crippen molar-refractivity contribution in [3.05, 3.63) is 0 Å². The number of carbonyl (C=O) groups excluding carboxylic acids is 1. The van der Waals surface area contributed by atoms with Gasteiger partial charge in [-0.25, -0.2) is 8.42 Å². The number of rotatable bonds is 4. The lowest BCUT2D eigenvalue weighted by Gasteiger charge is -2.33. The minimum Gasteiger partial charge on any atom is -0.358 e. The summed E-state index contributed by atoms with van der Waals surface area (Å²) in [6, 6.07) is 0.514. The molecule has 19 heavy (non-hydrogen) atoms. The molecule has 0 aromatic heterocycles. The summed E-state index contributed by atoms with van der Waals surface area (Å²) in [5.41, 5.74) is 0. The van der Waals surface area contributed by atoms with Crippen LogP contribution in [0.4, 0.5) is 0 Å². The molecule has 1 unspecified atom stereocenters. The van der Waals surface area contributed by atoms with Crippen molar-refractivity contribution in [1.82, 2.24) is 15.5 Å². The highest BCUT2D eigenvalue weighted by Crippen LogP contribution is 2.16. The topological polar surface area (TPSA) is 78.5 Å². The lowest BCUT2D eigenvalue weighted by Crippen LogP contribution is -2.48. The van der Waals surface area contributed by atoms with Gasteiger partial charge < -0.3 is 10.6 Å². The second kappa shape index (κ2) is 6.19. The molecule has 2 heterocycles.